The molecule has 0 bridgehead atoms. The molecular formula is C15H23ClN2. The Morgan fingerprint density at radius 1 is 1.33 bits per heavy atom. The number of nitrogens with zero attached hydrogens (tertiary/aromatic N) is 1. The topological polar surface area (TPSA) is 15.3 Å². The lowest BCUT2D eigenvalue weighted by molar-refractivity contribution is 0.153. The highest BCUT2D eigenvalue weighted by atomic mass is 35.5. The van der Waals surface area contributed by atoms with Crippen molar-refractivity contribution in [2.75, 3.05) is 20.6 Å². The lowest BCUT2D eigenvalue weighted by Gasteiger charge is -2.35. The Balaban J connectivity index is 1.86. The number of hydrogen-bond acceptors (Lipinski definition) is 2. The van der Waals surface area contributed by atoms with E-state index in [9.17, 15) is 0 Å². The fourth-order valence-electron chi connectivity index (χ4n) is 2.52. The summed E-state index contributed by atoms with van der Waals surface area (Å²) in [6, 6.07) is 9.42. The molecule has 2 nitrogen and oxygen atoms in total. The van der Waals surface area contributed by atoms with Crippen molar-refractivity contribution in [2.24, 2.45) is 0 Å². The van der Waals surface area contributed by atoms with E-state index in [1.165, 1.54) is 24.8 Å². The fourth-order valence-corrected chi connectivity index (χ4v) is 2.64. The van der Waals surface area contributed by atoms with Gasteiger partial charge >= 0.3 is 0 Å². The van der Waals surface area contributed by atoms with Gasteiger partial charge in [0.05, 0.1) is 0 Å². The second-order valence-electron chi connectivity index (χ2n) is 5.25. The molecule has 0 spiro atoms. The average Bonchev–Trinajstić information content (AvgIpc) is 2.30. The molecular weight excluding hydrogens is 244 g/mol. The van der Waals surface area contributed by atoms with Gasteiger partial charge in [-0.05, 0) is 57.6 Å². The summed E-state index contributed by atoms with van der Waals surface area (Å²) in [7, 11) is 4.28. The van der Waals surface area contributed by atoms with E-state index in [0.29, 0.717) is 6.04 Å². The van der Waals surface area contributed by atoms with Crippen molar-refractivity contribution in [2.45, 2.75) is 37.8 Å². The molecule has 1 aromatic carbocycles. The zero-order valence-corrected chi connectivity index (χ0v) is 12.1. The zero-order chi connectivity index (χ0) is 13.0. The molecule has 0 aliphatic heterocycles. The van der Waals surface area contributed by atoms with Gasteiger partial charge in [-0.3, -0.25) is 0 Å². The first-order chi connectivity index (χ1) is 8.70. The van der Waals surface area contributed by atoms with Gasteiger partial charge in [-0.1, -0.05) is 30.2 Å². The SMILES string of the molecule is CNC(CCN(C)C1CCC1)c1ccc(Cl)cc1. The van der Waals surface area contributed by atoms with Gasteiger partial charge in [0.25, 0.3) is 0 Å². The Kier molecular flexibility index (Phi) is 5.04. The quantitative estimate of drug-likeness (QED) is 0.848. The third-order valence-corrected chi connectivity index (χ3v) is 4.34. The van der Waals surface area contributed by atoms with Gasteiger partial charge in [-0.25, -0.2) is 0 Å². The smallest absolute Gasteiger partial charge is 0.0406 e. The molecule has 1 saturated carbocycles. The molecule has 1 aliphatic rings. The molecule has 0 saturated heterocycles. The Bertz CT molecular complexity index is 359. The fraction of sp³-hybridized carbons (Fsp3) is 0.600. The van der Waals surface area contributed by atoms with Crippen LogP contribution in [0.5, 0.6) is 0 Å². The van der Waals surface area contributed by atoms with Crippen molar-refractivity contribution in [3.05, 3.63) is 34.9 Å². The van der Waals surface area contributed by atoms with Crippen molar-refractivity contribution in [3.8, 4) is 0 Å². The summed E-state index contributed by atoms with van der Waals surface area (Å²) in [5.41, 5.74) is 1.32. The first-order valence-corrected chi connectivity index (χ1v) is 7.21. The minimum atomic E-state index is 0.421. The van der Waals surface area contributed by atoms with Gasteiger partial charge < -0.3 is 10.2 Å². The third-order valence-electron chi connectivity index (χ3n) is 4.09. The van der Waals surface area contributed by atoms with Crippen LogP contribution < -0.4 is 5.32 Å². The van der Waals surface area contributed by atoms with Crippen LogP contribution in [0.1, 0.15) is 37.3 Å². The predicted molar refractivity (Wildman–Crippen MR) is 78.1 cm³/mol. The molecule has 1 unspecified atom stereocenters. The van der Waals surface area contributed by atoms with Crippen LogP contribution in [-0.4, -0.2) is 31.6 Å². The van der Waals surface area contributed by atoms with Crippen molar-refractivity contribution in [3.63, 3.8) is 0 Å². The van der Waals surface area contributed by atoms with Crippen LogP contribution in [0.4, 0.5) is 0 Å². The van der Waals surface area contributed by atoms with E-state index in [0.717, 1.165) is 24.0 Å². The molecule has 1 fully saturated rings. The maximum absolute atomic E-state index is 5.93. The van der Waals surface area contributed by atoms with Crippen LogP contribution >= 0.6 is 11.6 Å². The van der Waals surface area contributed by atoms with Crippen molar-refractivity contribution < 1.29 is 0 Å². The van der Waals surface area contributed by atoms with E-state index >= 15 is 0 Å². The first-order valence-electron chi connectivity index (χ1n) is 6.83. The Morgan fingerprint density at radius 2 is 2.00 bits per heavy atom. The van der Waals surface area contributed by atoms with Gasteiger partial charge in [0.2, 0.25) is 0 Å². The minimum absolute atomic E-state index is 0.421. The van der Waals surface area contributed by atoms with E-state index < -0.39 is 0 Å². The van der Waals surface area contributed by atoms with Gasteiger partial charge in [-0.2, -0.15) is 0 Å². The molecule has 0 aromatic heterocycles. The third kappa shape index (κ3) is 3.47. The van der Waals surface area contributed by atoms with E-state index in [-0.39, 0.29) is 0 Å². The number of halogens is 1. The monoisotopic (exact) mass is 266 g/mol. The van der Waals surface area contributed by atoms with Crippen LogP contribution in [0.15, 0.2) is 24.3 Å². The van der Waals surface area contributed by atoms with Crippen molar-refractivity contribution in [1.29, 1.82) is 0 Å². The van der Waals surface area contributed by atoms with Crippen LogP contribution in [-0.2, 0) is 0 Å². The van der Waals surface area contributed by atoms with Gasteiger partial charge in [0.1, 0.15) is 0 Å². The number of rotatable bonds is 6. The molecule has 1 atom stereocenters. The second-order valence-corrected chi connectivity index (χ2v) is 5.68. The summed E-state index contributed by atoms with van der Waals surface area (Å²) in [4.78, 5) is 2.50. The van der Waals surface area contributed by atoms with Gasteiger partial charge in [0, 0.05) is 17.1 Å². The lowest BCUT2D eigenvalue weighted by Crippen LogP contribution is -2.38. The highest BCUT2D eigenvalue weighted by Gasteiger charge is 2.22. The summed E-state index contributed by atoms with van der Waals surface area (Å²) >= 11 is 5.93. The second kappa shape index (κ2) is 6.55. The minimum Gasteiger partial charge on any atom is -0.313 e. The predicted octanol–water partition coefficient (Wildman–Crippen LogP) is 3.47. The molecule has 0 radical (unpaired) electrons. The lowest BCUT2D eigenvalue weighted by atomic mass is 9.91. The summed E-state index contributed by atoms with van der Waals surface area (Å²) in [6.07, 6.45) is 5.30. The molecule has 100 valence electrons. The molecule has 2 rings (SSSR count). The molecule has 1 aliphatic carbocycles. The molecule has 0 heterocycles. The van der Waals surface area contributed by atoms with Gasteiger partial charge in [0.15, 0.2) is 0 Å². The number of nitrogens with one attached hydrogen (secondary N) is 1. The summed E-state index contributed by atoms with van der Waals surface area (Å²) in [6.45, 7) is 1.15. The molecule has 18 heavy (non-hydrogen) atoms. The van der Waals surface area contributed by atoms with Crippen LogP contribution in [0, 0.1) is 0 Å². The normalized spacial score (nSPS) is 17.8. The molecule has 1 aromatic rings. The first kappa shape index (κ1) is 13.9. The Hall–Kier alpha value is -0.570. The maximum atomic E-state index is 5.93. The van der Waals surface area contributed by atoms with Crippen LogP contribution in [0.25, 0.3) is 0 Å². The highest BCUT2D eigenvalue weighted by Crippen LogP contribution is 2.25. The van der Waals surface area contributed by atoms with E-state index in [1.807, 2.05) is 19.2 Å². The summed E-state index contributed by atoms with van der Waals surface area (Å²) in [5, 5.41) is 4.20. The van der Waals surface area contributed by atoms with E-state index in [2.05, 4.69) is 29.4 Å². The number of benzene rings is 1. The molecule has 0 amide bonds. The average molecular weight is 267 g/mol. The standard InChI is InChI=1S/C15H23ClN2/c1-17-15(12-6-8-13(16)9-7-12)10-11-18(2)14-4-3-5-14/h6-9,14-15,17H,3-5,10-11H2,1-2H3. The zero-order valence-electron chi connectivity index (χ0n) is 11.3. The Labute approximate surface area is 115 Å². The Morgan fingerprint density at radius 3 is 2.50 bits per heavy atom. The summed E-state index contributed by atoms with van der Waals surface area (Å²) in [5.74, 6) is 0. The highest BCUT2D eigenvalue weighted by molar-refractivity contribution is 6.30. The van der Waals surface area contributed by atoms with Crippen molar-refractivity contribution in [1.82, 2.24) is 10.2 Å². The summed E-state index contributed by atoms with van der Waals surface area (Å²) < 4.78 is 0. The van der Waals surface area contributed by atoms with E-state index in [1.54, 1.807) is 0 Å². The number of hydrogen-bond donors (Lipinski definition) is 1. The van der Waals surface area contributed by atoms with E-state index in [4.69, 9.17) is 11.6 Å². The van der Waals surface area contributed by atoms with Crippen LogP contribution in [0.3, 0.4) is 0 Å². The largest absolute Gasteiger partial charge is 0.313 e. The van der Waals surface area contributed by atoms with Gasteiger partial charge in [-0.15, -0.1) is 0 Å². The maximum Gasteiger partial charge on any atom is 0.0406 e. The van der Waals surface area contributed by atoms with Crippen molar-refractivity contribution >= 4 is 11.6 Å². The molecule has 3 heteroatoms. The van der Waals surface area contributed by atoms with Crippen LogP contribution in [0.2, 0.25) is 5.02 Å². The molecule has 1 N–H and O–H groups in total.